The Morgan fingerprint density at radius 3 is 2.37 bits per heavy atom. The third kappa shape index (κ3) is 2.83. The number of fused-ring (bicyclic) bond motifs is 3. The van der Waals surface area contributed by atoms with Crippen LogP contribution in [0.15, 0.2) is 47.7 Å². The lowest BCUT2D eigenvalue weighted by Crippen LogP contribution is -2.24. The standard InChI is InChI=1S/C17H22IN/c18-19-16-12-8-3-1-2-6-10-14(16)15-11-7-4-5-9-13-17(15)19/h4-5,7,9,11,13-14,16H,1-3,6,8,10,12H2/b5-4?,7-4-,9-5-,11-7?,13-9?,15-11-,17-13+. The fourth-order valence-electron chi connectivity index (χ4n) is 3.58. The third-order valence-corrected chi connectivity index (χ3v) is 5.79. The number of allylic oxidation sites excluding steroid dienone is 7. The summed E-state index contributed by atoms with van der Waals surface area (Å²) in [5.74, 6) is 0.748. The van der Waals surface area contributed by atoms with Crippen molar-refractivity contribution in [2.75, 3.05) is 0 Å². The molecule has 0 N–H and O–H groups in total. The van der Waals surface area contributed by atoms with Crippen molar-refractivity contribution in [3.63, 3.8) is 0 Å². The Kier molecular flexibility index (Phi) is 4.46. The SMILES string of the molecule is IN1C2=C/C=C\C=C/C=C\2C2CCCCCCCC21. The van der Waals surface area contributed by atoms with E-state index in [2.05, 4.69) is 62.4 Å². The normalized spacial score (nSPS) is 39.9. The summed E-state index contributed by atoms with van der Waals surface area (Å²) >= 11 is 2.54. The zero-order valence-electron chi connectivity index (χ0n) is 11.4. The third-order valence-electron chi connectivity index (χ3n) is 4.56. The molecule has 0 aromatic carbocycles. The largest absolute Gasteiger partial charge is 0.311 e. The molecule has 0 radical (unpaired) electrons. The summed E-state index contributed by atoms with van der Waals surface area (Å²) < 4.78 is 2.52. The molecule has 0 amide bonds. The number of halogens is 1. The summed E-state index contributed by atoms with van der Waals surface area (Å²) in [4.78, 5) is 0. The molecule has 1 saturated heterocycles. The van der Waals surface area contributed by atoms with E-state index in [1.54, 1.807) is 5.57 Å². The highest BCUT2D eigenvalue weighted by Gasteiger charge is 2.39. The molecule has 3 aliphatic rings. The van der Waals surface area contributed by atoms with Gasteiger partial charge in [-0.15, -0.1) is 0 Å². The lowest BCUT2D eigenvalue weighted by atomic mass is 9.88. The summed E-state index contributed by atoms with van der Waals surface area (Å²) in [6.07, 6.45) is 23.1. The van der Waals surface area contributed by atoms with Crippen LogP contribution < -0.4 is 0 Å². The van der Waals surface area contributed by atoms with Gasteiger partial charge in [-0.25, -0.2) is 0 Å². The minimum Gasteiger partial charge on any atom is -0.311 e. The molecule has 3 rings (SSSR count). The zero-order chi connectivity index (χ0) is 13.1. The van der Waals surface area contributed by atoms with Crippen LogP contribution in [0.4, 0.5) is 0 Å². The van der Waals surface area contributed by atoms with Gasteiger partial charge in [-0.2, -0.15) is 0 Å². The van der Waals surface area contributed by atoms with Crippen LogP contribution in [0.3, 0.4) is 0 Å². The molecule has 2 unspecified atom stereocenters. The predicted octanol–water partition coefficient (Wildman–Crippen LogP) is 5.32. The van der Waals surface area contributed by atoms with E-state index in [9.17, 15) is 0 Å². The van der Waals surface area contributed by atoms with Gasteiger partial charge in [-0.1, -0.05) is 62.5 Å². The molecule has 1 nitrogen and oxygen atoms in total. The quantitative estimate of drug-likeness (QED) is 0.414. The molecule has 2 heteroatoms. The van der Waals surface area contributed by atoms with E-state index < -0.39 is 0 Å². The maximum Gasteiger partial charge on any atom is 0.0594 e. The average molecular weight is 367 g/mol. The van der Waals surface area contributed by atoms with Crippen molar-refractivity contribution in [2.45, 2.75) is 51.0 Å². The van der Waals surface area contributed by atoms with Crippen molar-refractivity contribution in [2.24, 2.45) is 5.92 Å². The predicted molar refractivity (Wildman–Crippen MR) is 89.9 cm³/mol. The first-order chi connectivity index (χ1) is 9.38. The first-order valence-electron chi connectivity index (χ1n) is 7.58. The Bertz CT molecular complexity index is 444. The lowest BCUT2D eigenvalue weighted by Gasteiger charge is -2.23. The number of rotatable bonds is 0. The molecule has 0 spiro atoms. The van der Waals surface area contributed by atoms with Gasteiger partial charge in [0.15, 0.2) is 0 Å². The second-order valence-corrected chi connectivity index (χ2v) is 6.81. The van der Waals surface area contributed by atoms with E-state index in [0.717, 1.165) is 12.0 Å². The van der Waals surface area contributed by atoms with Crippen molar-refractivity contribution < 1.29 is 0 Å². The van der Waals surface area contributed by atoms with Crippen molar-refractivity contribution >= 4 is 22.9 Å². The van der Waals surface area contributed by atoms with Gasteiger partial charge in [0.25, 0.3) is 0 Å². The summed E-state index contributed by atoms with van der Waals surface area (Å²) in [7, 11) is 0. The Morgan fingerprint density at radius 2 is 1.53 bits per heavy atom. The maximum atomic E-state index is 2.54. The minimum absolute atomic E-state index is 0.719. The van der Waals surface area contributed by atoms with Crippen molar-refractivity contribution in [3.8, 4) is 0 Å². The Balaban J connectivity index is 1.93. The molecule has 0 aromatic rings. The molecule has 1 saturated carbocycles. The Hall–Kier alpha value is -0.510. The van der Waals surface area contributed by atoms with Crippen LogP contribution in [0.1, 0.15) is 44.9 Å². The average Bonchev–Trinajstić information content (AvgIpc) is 2.67. The summed E-state index contributed by atoms with van der Waals surface area (Å²) in [6, 6.07) is 0.719. The minimum atomic E-state index is 0.719. The number of nitrogens with zero attached hydrogens (tertiary/aromatic N) is 1. The van der Waals surface area contributed by atoms with E-state index in [-0.39, 0.29) is 0 Å². The van der Waals surface area contributed by atoms with Gasteiger partial charge in [-0.05, 0) is 24.5 Å². The summed E-state index contributed by atoms with van der Waals surface area (Å²) in [5.41, 5.74) is 3.01. The fraction of sp³-hybridized carbons (Fsp3) is 0.529. The van der Waals surface area contributed by atoms with Gasteiger partial charge in [-0.3, -0.25) is 0 Å². The van der Waals surface area contributed by atoms with Crippen molar-refractivity contribution in [1.29, 1.82) is 0 Å². The van der Waals surface area contributed by atoms with Crippen LogP contribution in [0.5, 0.6) is 0 Å². The lowest BCUT2D eigenvalue weighted by molar-refractivity contribution is 0.363. The maximum absolute atomic E-state index is 2.54. The molecule has 2 fully saturated rings. The van der Waals surface area contributed by atoms with Gasteiger partial charge in [0.1, 0.15) is 0 Å². The van der Waals surface area contributed by atoms with E-state index in [1.165, 1.54) is 50.6 Å². The first-order valence-corrected chi connectivity index (χ1v) is 8.55. The molecule has 102 valence electrons. The molecule has 2 atom stereocenters. The van der Waals surface area contributed by atoms with Crippen LogP contribution in [-0.2, 0) is 0 Å². The van der Waals surface area contributed by atoms with Crippen molar-refractivity contribution in [1.82, 2.24) is 3.11 Å². The Morgan fingerprint density at radius 1 is 0.842 bits per heavy atom. The van der Waals surface area contributed by atoms with Gasteiger partial charge < -0.3 is 3.11 Å². The van der Waals surface area contributed by atoms with E-state index in [1.807, 2.05) is 0 Å². The van der Waals surface area contributed by atoms with Crippen LogP contribution in [-0.4, -0.2) is 9.16 Å². The van der Waals surface area contributed by atoms with E-state index >= 15 is 0 Å². The van der Waals surface area contributed by atoms with Crippen LogP contribution in [0, 0.1) is 5.92 Å². The van der Waals surface area contributed by atoms with Gasteiger partial charge in [0.2, 0.25) is 0 Å². The molecule has 1 aliphatic heterocycles. The van der Waals surface area contributed by atoms with Gasteiger partial charge in [0, 0.05) is 17.7 Å². The van der Waals surface area contributed by atoms with Gasteiger partial charge in [0.05, 0.1) is 22.9 Å². The fourth-order valence-corrected chi connectivity index (χ4v) is 4.68. The van der Waals surface area contributed by atoms with E-state index in [0.29, 0.717) is 0 Å². The van der Waals surface area contributed by atoms with Crippen molar-refractivity contribution in [3.05, 3.63) is 47.7 Å². The summed E-state index contributed by atoms with van der Waals surface area (Å²) in [6.45, 7) is 0. The molecule has 0 aromatic heterocycles. The van der Waals surface area contributed by atoms with Crippen LogP contribution >= 0.6 is 22.9 Å². The highest BCUT2D eigenvalue weighted by molar-refractivity contribution is 14.1. The highest BCUT2D eigenvalue weighted by Crippen LogP contribution is 2.45. The molecule has 2 aliphatic carbocycles. The molecule has 1 heterocycles. The topological polar surface area (TPSA) is 3.24 Å². The highest BCUT2D eigenvalue weighted by atomic mass is 127. The smallest absolute Gasteiger partial charge is 0.0594 e. The molecule has 19 heavy (non-hydrogen) atoms. The number of hydrogen-bond donors (Lipinski definition) is 0. The second-order valence-electron chi connectivity index (χ2n) is 5.77. The monoisotopic (exact) mass is 367 g/mol. The van der Waals surface area contributed by atoms with Crippen LogP contribution in [0.2, 0.25) is 0 Å². The van der Waals surface area contributed by atoms with E-state index in [4.69, 9.17) is 0 Å². The molecular formula is C17H22IN. The zero-order valence-corrected chi connectivity index (χ0v) is 13.6. The van der Waals surface area contributed by atoms with Crippen LogP contribution in [0.25, 0.3) is 0 Å². The van der Waals surface area contributed by atoms with Gasteiger partial charge >= 0.3 is 0 Å². The Labute approximate surface area is 130 Å². The first kappa shape index (κ1) is 13.5. The molecule has 0 bridgehead atoms. The second kappa shape index (κ2) is 6.29. The summed E-state index contributed by atoms with van der Waals surface area (Å²) in [5, 5.41) is 0. The number of hydrogen-bond acceptors (Lipinski definition) is 1. The molecular weight excluding hydrogens is 345 g/mol.